The molecule has 1 aliphatic rings. The average molecular weight is 242 g/mol. The van der Waals surface area contributed by atoms with Gasteiger partial charge in [0.2, 0.25) is 5.91 Å². The smallest absolute Gasteiger partial charge is 0.326 e. The molecule has 1 aliphatic carbocycles. The lowest BCUT2D eigenvalue weighted by Gasteiger charge is -2.27. The predicted molar refractivity (Wildman–Crippen MR) is 64.6 cm³/mol. The molecule has 1 unspecified atom stereocenters. The molecule has 0 aliphatic heterocycles. The van der Waals surface area contributed by atoms with Gasteiger partial charge in [0.15, 0.2) is 0 Å². The van der Waals surface area contributed by atoms with Gasteiger partial charge in [-0.05, 0) is 30.7 Å². The minimum Gasteiger partial charge on any atom is -0.480 e. The molecule has 1 fully saturated rings. The zero-order valence-electron chi connectivity index (χ0n) is 10.7. The lowest BCUT2D eigenvalue weighted by Crippen LogP contribution is -2.51. The predicted octanol–water partition coefficient (Wildman–Crippen LogP) is 0.601. The molecular formula is C12H22N2O3. The van der Waals surface area contributed by atoms with Crippen molar-refractivity contribution in [1.82, 2.24) is 10.6 Å². The van der Waals surface area contributed by atoms with E-state index in [0.29, 0.717) is 5.92 Å². The molecule has 0 heterocycles. The molecular weight excluding hydrogens is 220 g/mol. The van der Waals surface area contributed by atoms with Crippen LogP contribution in [0.4, 0.5) is 0 Å². The summed E-state index contributed by atoms with van der Waals surface area (Å²) in [5.74, 6) is -0.540. The molecule has 1 amide bonds. The van der Waals surface area contributed by atoms with Crippen molar-refractivity contribution in [2.45, 2.75) is 39.7 Å². The summed E-state index contributed by atoms with van der Waals surface area (Å²) in [6.07, 6.45) is 2.46. The maximum atomic E-state index is 11.6. The van der Waals surface area contributed by atoms with Crippen LogP contribution in [0.25, 0.3) is 0 Å². The number of rotatable bonds is 6. The first kappa shape index (κ1) is 14.0. The number of nitrogens with one attached hydrogen (secondary N) is 2. The van der Waals surface area contributed by atoms with Crippen LogP contribution < -0.4 is 10.6 Å². The van der Waals surface area contributed by atoms with E-state index in [0.717, 1.165) is 6.54 Å². The molecule has 1 rings (SSSR count). The summed E-state index contributed by atoms with van der Waals surface area (Å²) < 4.78 is 0. The van der Waals surface area contributed by atoms with E-state index in [1.165, 1.54) is 12.8 Å². The highest BCUT2D eigenvalue weighted by Gasteiger charge is 2.32. The molecule has 0 aromatic carbocycles. The second kappa shape index (κ2) is 5.49. The molecule has 0 saturated heterocycles. The fourth-order valence-corrected chi connectivity index (χ4v) is 1.57. The van der Waals surface area contributed by atoms with E-state index in [1.807, 2.05) is 0 Å². The standard InChI is InChI=1S/C12H22N2O3/c1-12(2,3)10(11(16)17)14-9(15)7-13-6-8-4-5-8/h8,10,13H,4-7H2,1-3H3,(H,14,15)(H,16,17). The molecule has 0 spiro atoms. The Morgan fingerprint density at radius 3 is 2.35 bits per heavy atom. The van der Waals surface area contributed by atoms with Gasteiger partial charge in [-0.15, -0.1) is 0 Å². The van der Waals surface area contributed by atoms with Gasteiger partial charge in [0.25, 0.3) is 0 Å². The highest BCUT2D eigenvalue weighted by atomic mass is 16.4. The van der Waals surface area contributed by atoms with Crippen molar-refractivity contribution in [3.63, 3.8) is 0 Å². The maximum Gasteiger partial charge on any atom is 0.326 e. The minimum absolute atomic E-state index is 0.191. The van der Waals surface area contributed by atoms with Gasteiger partial charge < -0.3 is 15.7 Å². The van der Waals surface area contributed by atoms with Crippen molar-refractivity contribution >= 4 is 11.9 Å². The summed E-state index contributed by atoms with van der Waals surface area (Å²) >= 11 is 0. The van der Waals surface area contributed by atoms with Crippen LogP contribution in [0.1, 0.15) is 33.6 Å². The first-order valence-electron chi connectivity index (χ1n) is 6.03. The molecule has 1 saturated carbocycles. The number of hydrogen-bond donors (Lipinski definition) is 3. The van der Waals surface area contributed by atoms with Crippen LogP contribution in [0, 0.1) is 11.3 Å². The number of hydrogen-bond acceptors (Lipinski definition) is 3. The number of aliphatic carboxylic acids is 1. The molecule has 0 aromatic heterocycles. The Balaban J connectivity index is 2.32. The van der Waals surface area contributed by atoms with E-state index in [2.05, 4.69) is 10.6 Å². The third kappa shape index (κ3) is 5.17. The van der Waals surface area contributed by atoms with Crippen LogP contribution in [0.2, 0.25) is 0 Å². The van der Waals surface area contributed by atoms with Crippen LogP contribution in [-0.4, -0.2) is 36.1 Å². The Kier molecular flexibility index (Phi) is 4.51. The number of amides is 1. The first-order chi connectivity index (χ1) is 7.80. The zero-order chi connectivity index (χ0) is 13.1. The molecule has 1 atom stereocenters. The van der Waals surface area contributed by atoms with Gasteiger partial charge in [0, 0.05) is 0 Å². The molecule has 0 radical (unpaired) electrons. The van der Waals surface area contributed by atoms with E-state index in [1.54, 1.807) is 20.8 Å². The number of carbonyl (C=O) groups excluding carboxylic acids is 1. The minimum atomic E-state index is -0.993. The summed E-state index contributed by atoms with van der Waals surface area (Å²) in [5.41, 5.74) is -0.488. The van der Waals surface area contributed by atoms with Crippen molar-refractivity contribution in [2.75, 3.05) is 13.1 Å². The quantitative estimate of drug-likeness (QED) is 0.637. The molecule has 0 aromatic rings. The van der Waals surface area contributed by atoms with Crippen molar-refractivity contribution in [3.8, 4) is 0 Å². The zero-order valence-corrected chi connectivity index (χ0v) is 10.7. The number of carbonyl (C=O) groups is 2. The second-order valence-corrected chi connectivity index (χ2v) is 5.78. The molecule has 3 N–H and O–H groups in total. The monoisotopic (exact) mass is 242 g/mol. The van der Waals surface area contributed by atoms with E-state index in [9.17, 15) is 9.59 Å². The van der Waals surface area contributed by atoms with E-state index in [-0.39, 0.29) is 12.5 Å². The Hall–Kier alpha value is -1.10. The Bertz CT molecular complexity index is 293. The van der Waals surface area contributed by atoms with Gasteiger partial charge in [-0.1, -0.05) is 20.8 Å². The normalized spacial score (nSPS) is 17.6. The van der Waals surface area contributed by atoms with Crippen LogP contribution in [0.3, 0.4) is 0 Å². The number of carboxylic acids is 1. The Labute approximate surface area is 102 Å². The van der Waals surface area contributed by atoms with Crippen LogP contribution in [0.15, 0.2) is 0 Å². The van der Waals surface area contributed by atoms with Gasteiger partial charge in [-0.25, -0.2) is 4.79 Å². The summed E-state index contributed by atoms with van der Waals surface area (Å²) in [6.45, 7) is 6.42. The van der Waals surface area contributed by atoms with Gasteiger partial charge in [-0.3, -0.25) is 4.79 Å². The SMILES string of the molecule is CC(C)(C)C(NC(=O)CNCC1CC1)C(=O)O. The topological polar surface area (TPSA) is 78.4 Å². The van der Waals surface area contributed by atoms with E-state index in [4.69, 9.17) is 5.11 Å². The van der Waals surface area contributed by atoms with Gasteiger partial charge >= 0.3 is 5.97 Å². The van der Waals surface area contributed by atoms with Crippen LogP contribution in [0.5, 0.6) is 0 Å². The Morgan fingerprint density at radius 1 is 1.35 bits per heavy atom. The van der Waals surface area contributed by atoms with Crippen molar-refractivity contribution in [2.24, 2.45) is 11.3 Å². The lowest BCUT2D eigenvalue weighted by atomic mass is 9.87. The average Bonchev–Trinajstić information content (AvgIpc) is 2.95. The van der Waals surface area contributed by atoms with Crippen molar-refractivity contribution < 1.29 is 14.7 Å². The van der Waals surface area contributed by atoms with Gasteiger partial charge in [0.05, 0.1) is 6.54 Å². The molecule has 5 nitrogen and oxygen atoms in total. The molecule has 5 heteroatoms. The highest BCUT2D eigenvalue weighted by Crippen LogP contribution is 2.27. The van der Waals surface area contributed by atoms with E-state index < -0.39 is 17.4 Å². The third-order valence-corrected chi connectivity index (χ3v) is 2.83. The Morgan fingerprint density at radius 2 is 1.94 bits per heavy atom. The third-order valence-electron chi connectivity index (χ3n) is 2.83. The lowest BCUT2D eigenvalue weighted by molar-refractivity contribution is -0.144. The molecule has 0 bridgehead atoms. The maximum absolute atomic E-state index is 11.6. The summed E-state index contributed by atoms with van der Waals surface area (Å²) in [4.78, 5) is 22.6. The largest absolute Gasteiger partial charge is 0.480 e. The summed E-state index contributed by atoms with van der Waals surface area (Å²) in [7, 11) is 0. The van der Waals surface area contributed by atoms with Gasteiger partial charge in [0.1, 0.15) is 6.04 Å². The fraction of sp³-hybridized carbons (Fsp3) is 0.833. The first-order valence-corrected chi connectivity index (χ1v) is 6.03. The van der Waals surface area contributed by atoms with Crippen LogP contribution >= 0.6 is 0 Å². The molecule has 17 heavy (non-hydrogen) atoms. The van der Waals surface area contributed by atoms with Crippen molar-refractivity contribution in [1.29, 1.82) is 0 Å². The summed E-state index contributed by atoms with van der Waals surface area (Å²) in [5, 5.41) is 14.6. The molecule has 98 valence electrons. The van der Waals surface area contributed by atoms with Crippen LogP contribution in [-0.2, 0) is 9.59 Å². The highest BCUT2D eigenvalue weighted by molar-refractivity contribution is 5.85. The number of carboxylic acid groups (broad SMARTS) is 1. The van der Waals surface area contributed by atoms with Gasteiger partial charge in [-0.2, -0.15) is 0 Å². The summed E-state index contributed by atoms with van der Waals surface area (Å²) in [6, 6.07) is -0.849. The van der Waals surface area contributed by atoms with Crippen molar-refractivity contribution in [3.05, 3.63) is 0 Å². The van der Waals surface area contributed by atoms with E-state index >= 15 is 0 Å². The second-order valence-electron chi connectivity index (χ2n) is 5.78. The fourth-order valence-electron chi connectivity index (χ4n) is 1.57.